The zero-order valence-electron chi connectivity index (χ0n) is 15.3. The normalized spacial score (nSPS) is 12.1. The van der Waals surface area contributed by atoms with Crippen LogP contribution in [0, 0.1) is 10.8 Å². The fourth-order valence-electron chi connectivity index (χ4n) is 2.17. The van der Waals surface area contributed by atoms with E-state index < -0.39 is 10.8 Å². The summed E-state index contributed by atoms with van der Waals surface area (Å²) in [5.74, 6) is -0.126. The molecule has 0 aliphatic heterocycles. The van der Waals surface area contributed by atoms with Gasteiger partial charge in [-0.25, -0.2) is 0 Å². The molecule has 128 valence electrons. The van der Waals surface area contributed by atoms with Crippen LogP contribution < -0.4 is 10.6 Å². The third-order valence-corrected chi connectivity index (χ3v) is 3.76. The summed E-state index contributed by atoms with van der Waals surface area (Å²) in [6.45, 7) is 11.2. The lowest BCUT2D eigenvalue weighted by Gasteiger charge is -2.21. The second-order valence-corrected chi connectivity index (χ2v) is 8.12. The van der Waals surface area contributed by atoms with Gasteiger partial charge in [-0.1, -0.05) is 65.8 Å². The van der Waals surface area contributed by atoms with E-state index in [2.05, 4.69) is 10.6 Å². The molecule has 0 radical (unpaired) electrons. The highest BCUT2D eigenvalue weighted by atomic mass is 16.2. The zero-order chi connectivity index (χ0) is 18.1. The number of fused-ring (bicyclic) bond motifs is 1. The molecule has 0 heterocycles. The Morgan fingerprint density at radius 3 is 1.42 bits per heavy atom. The highest BCUT2D eigenvalue weighted by Crippen LogP contribution is 2.32. The maximum absolute atomic E-state index is 12.4. The average molecular weight is 326 g/mol. The molecule has 0 aliphatic rings. The molecule has 2 N–H and O–H groups in total. The minimum absolute atomic E-state index is 0.0630. The number of rotatable bonds is 2. The van der Waals surface area contributed by atoms with Gasteiger partial charge < -0.3 is 10.6 Å². The highest BCUT2D eigenvalue weighted by molar-refractivity contribution is 6.12. The first-order valence-corrected chi connectivity index (χ1v) is 8.15. The standard InChI is InChI=1S/C20H26N2O2/c1-19(2,3)17(23)21-14-11-7-9-13-10-8-12-15(16(13)14)22-18(24)20(4,5)6/h7-12H,1-6H3,(H,21,23)(H,22,24). The topological polar surface area (TPSA) is 58.2 Å². The predicted molar refractivity (Wildman–Crippen MR) is 100 cm³/mol. The largest absolute Gasteiger partial charge is 0.325 e. The minimum atomic E-state index is -0.494. The van der Waals surface area contributed by atoms with Crippen molar-refractivity contribution in [3.8, 4) is 0 Å². The van der Waals surface area contributed by atoms with Crippen molar-refractivity contribution < 1.29 is 9.59 Å². The number of carbonyl (C=O) groups is 2. The molecule has 0 aliphatic carbocycles. The Morgan fingerprint density at radius 2 is 1.08 bits per heavy atom. The van der Waals surface area contributed by atoms with Gasteiger partial charge in [0, 0.05) is 16.2 Å². The van der Waals surface area contributed by atoms with Crippen LogP contribution in [-0.4, -0.2) is 11.8 Å². The van der Waals surface area contributed by atoms with Crippen molar-refractivity contribution >= 4 is 34.0 Å². The molecule has 2 aromatic rings. The molecule has 0 bridgehead atoms. The molecular formula is C20H26N2O2. The third kappa shape index (κ3) is 3.94. The third-order valence-electron chi connectivity index (χ3n) is 3.76. The summed E-state index contributed by atoms with van der Waals surface area (Å²) in [5, 5.41) is 7.78. The number of carbonyl (C=O) groups excluding carboxylic acids is 2. The molecule has 0 aromatic heterocycles. The number of hydrogen-bond acceptors (Lipinski definition) is 2. The van der Waals surface area contributed by atoms with Gasteiger partial charge in [0.15, 0.2) is 0 Å². The Hall–Kier alpha value is -2.36. The Balaban J connectivity index is 2.50. The zero-order valence-corrected chi connectivity index (χ0v) is 15.3. The van der Waals surface area contributed by atoms with Gasteiger partial charge in [-0.3, -0.25) is 9.59 Å². The summed E-state index contributed by atoms with van der Waals surface area (Å²) in [6, 6.07) is 11.5. The summed E-state index contributed by atoms with van der Waals surface area (Å²) in [4.78, 5) is 24.7. The molecule has 2 amide bonds. The van der Waals surface area contributed by atoms with Gasteiger partial charge in [0.2, 0.25) is 11.8 Å². The molecule has 0 atom stereocenters. The number of anilines is 2. The Morgan fingerprint density at radius 1 is 0.708 bits per heavy atom. The van der Waals surface area contributed by atoms with Gasteiger partial charge in [-0.2, -0.15) is 0 Å². The van der Waals surface area contributed by atoms with Crippen LogP contribution in [0.15, 0.2) is 36.4 Å². The van der Waals surface area contributed by atoms with Gasteiger partial charge in [0.1, 0.15) is 0 Å². The summed E-state index contributed by atoms with van der Waals surface area (Å²) < 4.78 is 0. The molecule has 2 rings (SSSR count). The molecular weight excluding hydrogens is 300 g/mol. The van der Waals surface area contributed by atoms with Crippen LogP contribution in [0.4, 0.5) is 11.4 Å². The van der Waals surface area contributed by atoms with E-state index in [-0.39, 0.29) is 11.8 Å². The average Bonchev–Trinajstić information content (AvgIpc) is 2.45. The van der Waals surface area contributed by atoms with Crippen LogP contribution in [0.25, 0.3) is 10.8 Å². The van der Waals surface area contributed by atoms with Crippen molar-refractivity contribution in [3.05, 3.63) is 36.4 Å². The van der Waals surface area contributed by atoms with Crippen molar-refractivity contribution in [1.82, 2.24) is 0 Å². The lowest BCUT2D eigenvalue weighted by molar-refractivity contribution is -0.123. The number of amides is 2. The molecule has 0 unspecified atom stereocenters. The maximum Gasteiger partial charge on any atom is 0.229 e. The smallest absolute Gasteiger partial charge is 0.229 e. The van der Waals surface area contributed by atoms with Crippen molar-refractivity contribution in [2.45, 2.75) is 41.5 Å². The predicted octanol–water partition coefficient (Wildman–Crippen LogP) is 4.81. The number of nitrogens with one attached hydrogen (secondary N) is 2. The van der Waals surface area contributed by atoms with E-state index in [1.165, 1.54) is 0 Å². The van der Waals surface area contributed by atoms with Crippen LogP contribution in [-0.2, 0) is 9.59 Å². The monoisotopic (exact) mass is 326 g/mol. The minimum Gasteiger partial charge on any atom is -0.325 e. The molecule has 4 heteroatoms. The van der Waals surface area contributed by atoms with Crippen LogP contribution in [0.3, 0.4) is 0 Å². The summed E-state index contributed by atoms with van der Waals surface area (Å²) in [7, 11) is 0. The fourth-order valence-corrected chi connectivity index (χ4v) is 2.17. The second kappa shape index (κ2) is 6.27. The molecule has 0 saturated carbocycles. The number of benzene rings is 2. The summed E-state index contributed by atoms with van der Waals surface area (Å²) in [6.07, 6.45) is 0. The molecule has 2 aromatic carbocycles. The molecule has 4 nitrogen and oxygen atoms in total. The van der Waals surface area contributed by atoms with E-state index in [9.17, 15) is 9.59 Å². The van der Waals surface area contributed by atoms with Crippen molar-refractivity contribution in [1.29, 1.82) is 0 Å². The van der Waals surface area contributed by atoms with E-state index >= 15 is 0 Å². The van der Waals surface area contributed by atoms with E-state index in [0.717, 1.165) is 10.8 Å². The summed E-state index contributed by atoms with van der Waals surface area (Å²) >= 11 is 0. The van der Waals surface area contributed by atoms with E-state index in [4.69, 9.17) is 0 Å². The lowest BCUT2D eigenvalue weighted by Crippen LogP contribution is -2.28. The SMILES string of the molecule is CC(C)(C)C(=O)Nc1cccc2cccc(NC(=O)C(C)(C)C)c12. The van der Waals surface area contributed by atoms with Gasteiger partial charge in [0.25, 0.3) is 0 Å². The van der Waals surface area contributed by atoms with Crippen molar-refractivity contribution in [3.63, 3.8) is 0 Å². The highest BCUT2D eigenvalue weighted by Gasteiger charge is 2.24. The Labute approximate surface area is 143 Å². The Bertz CT molecular complexity index is 718. The Kier molecular flexibility index (Phi) is 4.70. The van der Waals surface area contributed by atoms with Crippen LogP contribution in [0.1, 0.15) is 41.5 Å². The molecule has 24 heavy (non-hydrogen) atoms. The van der Waals surface area contributed by atoms with Crippen molar-refractivity contribution in [2.75, 3.05) is 10.6 Å². The maximum atomic E-state index is 12.4. The second-order valence-electron chi connectivity index (χ2n) is 8.12. The first kappa shape index (κ1) is 18.0. The van der Waals surface area contributed by atoms with E-state index in [0.29, 0.717) is 11.4 Å². The van der Waals surface area contributed by atoms with Crippen LogP contribution >= 0.6 is 0 Å². The first-order valence-electron chi connectivity index (χ1n) is 8.15. The van der Waals surface area contributed by atoms with Gasteiger partial charge in [0.05, 0.1) is 11.4 Å². The molecule has 0 fully saturated rings. The lowest BCUT2D eigenvalue weighted by atomic mass is 9.94. The van der Waals surface area contributed by atoms with Gasteiger partial charge in [-0.15, -0.1) is 0 Å². The molecule has 0 saturated heterocycles. The fraction of sp³-hybridized carbons (Fsp3) is 0.400. The van der Waals surface area contributed by atoms with E-state index in [1.54, 1.807) is 0 Å². The van der Waals surface area contributed by atoms with Crippen LogP contribution in [0.5, 0.6) is 0 Å². The molecule has 0 spiro atoms. The van der Waals surface area contributed by atoms with Gasteiger partial charge >= 0.3 is 0 Å². The quantitative estimate of drug-likeness (QED) is 0.832. The van der Waals surface area contributed by atoms with E-state index in [1.807, 2.05) is 77.9 Å². The van der Waals surface area contributed by atoms with Gasteiger partial charge in [-0.05, 0) is 17.5 Å². The van der Waals surface area contributed by atoms with Crippen molar-refractivity contribution in [2.24, 2.45) is 10.8 Å². The first-order chi connectivity index (χ1) is 11.0. The summed E-state index contributed by atoms with van der Waals surface area (Å²) in [5.41, 5.74) is 0.423. The number of hydrogen-bond donors (Lipinski definition) is 2. The van der Waals surface area contributed by atoms with Crippen LogP contribution in [0.2, 0.25) is 0 Å².